The summed E-state index contributed by atoms with van der Waals surface area (Å²) in [5, 5.41) is 10.4. The second-order valence-electron chi connectivity index (χ2n) is 5.76. The quantitative estimate of drug-likeness (QED) is 0.889. The number of hydrogen-bond donors (Lipinski definition) is 2. The Morgan fingerprint density at radius 2 is 1.86 bits per heavy atom. The van der Waals surface area contributed by atoms with Crippen LogP contribution in [0.1, 0.15) is 43.7 Å². The number of halogens is 3. The van der Waals surface area contributed by atoms with Gasteiger partial charge in [0.2, 0.25) is 0 Å². The van der Waals surface area contributed by atoms with Gasteiger partial charge < -0.3 is 20.3 Å². The van der Waals surface area contributed by atoms with Gasteiger partial charge in [-0.25, -0.2) is 0 Å². The molecule has 1 aliphatic heterocycles. The predicted octanol–water partition coefficient (Wildman–Crippen LogP) is 3.37. The Morgan fingerprint density at radius 3 is 2.55 bits per heavy atom. The second kappa shape index (κ2) is 6.56. The molecule has 2 aliphatic rings. The van der Waals surface area contributed by atoms with Gasteiger partial charge in [0.1, 0.15) is 0 Å². The van der Waals surface area contributed by atoms with E-state index in [0.29, 0.717) is 5.56 Å². The molecule has 0 saturated heterocycles. The molecule has 1 aromatic rings. The lowest BCUT2D eigenvalue weighted by molar-refractivity contribution is -0.287. The van der Waals surface area contributed by atoms with Crippen LogP contribution in [0.15, 0.2) is 18.2 Å². The maximum atomic E-state index is 13.2. The summed E-state index contributed by atoms with van der Waals surface area (Å²) >= 11 is 0. The van der Waals surface area contributed by atoms with E-state index in [0.717, 1.165) is 25.7 Å². The van der Waals surface area contributed by atoms with Crippen molar-refractivity contribution in [2.75, 3.05) is 0 Å². The minimum absolute atomic E-state index is 0. The summed E-state index contributed by atoms with van der Waals surface area (Å²) in [5.41, 5.74) is 6.46. The largest absolute Gasteiger partial charge is 0.586 e. The number of benzene rings is 1. The van der Waals surface area contributed by atoms with Crippen molar-refractivity contribution >= 4 is 12.4 Å². The van der Waals surface area contributed by atoms with Crippen LogP contribution in [0.5, 0.6) is 11.5 Å². The standard InChI is InChI=1S/C15H19F2NO3.ClH/c16-15(17)20-11-8-4-7-10(14(11)21-15)12(18)13(19)9-5-2-1-3-6-9;/h4,7-9,12-13,19H,1-3,5-6,18H2;1H/t12-,13+;/m1./s1. The van der Waals surface area contributed by atoms with Crippen LogP contribution in [0.3, 0.4) is 0 Å². The van der Waals surface area contributed by atoms with Gasteiger partial charge in [-0.2, -0.15) is 0 Å². The molecule has 1 aromatic carbocycles. The molecule has 3 rings (SSSR count). The molecule has 7 heteroatoms. The van der Waals surface area contributed by atoms with Crippen LogP contribution in [0.4, 0.5) is 8.78 Å². The average molecular weight is 336 g/mol. The zero-order valence-electron chi connectivity index (χ0n) is 12.0. The van der Waals surface area contributed by atoms with E-state index < -0.39 is 18.4 Å². The molecule has 0 aromatic heterocycles. The maximum absolute atomic E-state index is 13.2. The van der Waals surface area contributed by atoms with Gasteiger partial charge in [-0.05, 0) is 24.8 Å². The Balaban J connectivity index is 0.00000176. The Hall–Kier alpha value is -1.11. The molecular formula is C15H20ClF2NO3. The van der Waals surface area contributed by atoms with Gasteiger partial charge in [-0.3, -0.25) is 0 Å². The number of para-hydroxylation sites is 1. The highest BCUT2D eigenvalue weighted by molar-refractivity contribution is 5.85. The van der Waals surface area contributed by atoms with Crippen molar-refractivity contribution in [1.29, 1.82) is 0 Å². The summed E-state index contributed by atoms with van der Waals surface area (Å²) < 4.78 is 35.3. The highest BCUT2D eigenvalue weighted by atomic mass is 35.5. The van der Waals surface area contributed by atoms with Gasteiger partial charge in [0, 0.05) is 5.56 Å². The predicted molar refractivity (Wildman–Crippen MR) is 79.4 cm³/mol. The Labute approximate surface area is 134 Å². The van der Waals surface area contributed by atoms with Gasteiger partial charge in [-0.15, -0.1) is 21.2 Å². The number of ether oxygens (including phenoxy) is 2. The monoisotopic (exact) mass is 335 g/mol. The van der Waals surface area contributed by atoms with E-state index in [-0.39, 0.29) is 29.8 Å². The van der Waals surface area contributed by atoms with Crippen LogP contribution in [0, 0.1) is 5.92 Å². The first-order valence-electron chi connectivity index (χ1n) is 7.30. The number of alkyl halides is 2. The molecule has 22 heavy (non-hydrogen) atoms. The smallest absolute Gasteiger partial charge is 0.395 e. The van der Waals surface area contributed by atoms with E-state index in [4.69, 9.17) is 5.73 Å². The number of fused-ring (bicyclic) bond motifs is 1. The Morgan fingerprint density at radius 1 is 1.18 bits per heavy atom. The third-order valence-corrected chi connectivity index (χ3v) is 4.32. The number of aliphatic hydroxyl groups is 1. The number of nitrogens with two attached hydrogens (primary N) is 1. The molecule has 0 spiro atoms. The van der Waals surface area contributed by atoms with Crippen LogP contribution >= 0.6 is 12.4 Å². The van der Waals surface area contributed by atoms with E-state index in [1.54, 1.807) is 12.1 Å². The molecule has 1 fully saturated rings. The minimum Gasteiger partial charge on any atom is -0.395 e. The third-order valence-electron chi connectivity index (χ3n) is 4.32. The molecule has 1 heterocycles. The Bertz CT molecular complexity index is 524. The normalized spacial score (nSPS) is 22.7. The van der Waals surface area contributed by atoms with Crippen molar-refractivity contribution in [2.45, 2.75) is 50.5 Å². The van der Waals surface area contributed by atoms with Crippen molar-refractivity contribution in [3.63, 3.8) is 0 Å². The first kappa shape index (κ1) is 17.2. The first-order valence-corrected chi connectivity index (χ1v) is 7.30. The van der Waals surface area contributed by atoms with Crippen LogP contribution in [-0.2, 0) is 0 Å². The topological polar surface area (TPSA) is 64.7 Å². The average Bonchev–Trinajstić information content (AvgIpc) is 2.80. The zero-order chi connectivity index (χ0) is 15.0. The lowest BCUT2D eigenvalue weighted by atomic mass is 9.81. The van der Waals surface area contributed by atoms with E-state index in [1.165, 1.54) is 12.5 Å². The summed E-state index contributed by atoms with van der Waals surface area (Å²) in [6.45, 7) is 0. The van der Waals surface area contributed by atoms with Crippen molar-refractivity contribution in [1.82, 2.24) is 0 Å². The summed E-state index contributed by atoms with van der Waals surface area (Å²) in [6.07, 6.45) is 0.693. The fourth-order valence-corrected chi connectivity index (χ4v) is 3.21. The molecule has 1 saturated carbocycles. The summed E-state index contributed by atoms with van der Waals surface area (Å²) in [7, 11) is 0. The van der Waals surface area contributed by atoms with E-state index in [1.807, 2.05) is 0 Å². The maximum Gasteiger partial charge on any atom is 0.586 e. The highest BCUT2D eigenvalue weighted by Crippen LogP contribution is 2.46. The van der Waals surface area contributed by atoms with Gasteiger partial charge in [0.25, 0.3) is 0 Å². The third kappa shape index (κ3) is 3.29. The van der Waals surface area contributed by atoms with Gasteiger partial charge >= 0.3 is 6.29 Å². The zero-order valence-corrected chi connectivity index (χ0v) is 12.8. The van der Waals surface area contributed by atoms with Crippen molar-refractivity contribution in [3.8, 4) is 11.5 Å². The molecule has 2 atom stereocenters. The second-order valence-corrected chi connectivity index (χ2v) is 5.76. The van der Waals surface area contributed by atoms with E-state index in [2.05, 4.69) is 9.47 Å². The van der Waals surface area contributed by atoms with Gasteiger partial charge in [0.15, 0.2) is 11.5 Å². The fourth-order valence-electron chi connectivity index (χ4n) is 3.21. The minimum atomic E-state index is -3.67. The molecule has 4 nitrogen and oxygen atoms in total. The summed E-state index contributed by atoms with van der Waals surface area (Å²) in [5.74, 6) is 0.00101. The van der Waals surface area contributed by atoms with Crippen molar-refractivity contribution in [3.05, 3.63) is 23.8 Å². The number of rotatable bonds is 3. The molecule has 0 radical (unpaired) electrons. The lowest BCUT2D eigenvalue weighted by Crippen LogP contribution is -2.34. The van der Waals surface area contributed by atoms with Crippen molar-refractivity contribution < 1.29 is 23.4 Å². The molecule has 0 unspecified atom stereocenters. The fraction of sp³-hybridized carbons (Fsp3) is 0.600. The first-order chi connectivity index (χ1) is 9.98. The number of aliphatic hydroxyl groups excluding tert-OH is 1. The SMILES string of the molecule is Cl.N[C@H](c1cccc2c1OC(F)(F)O2)[C@@H](O)C1CCCCC1. The Kier molecular flexibility index (Phi) is 5.14. The summed E-state index contributed by atoms with van der Waals surface area (Å²) in [4.78, 5) is 0. The van der Waals surface area contributed by atoms with Crippen LogP contribution < -0.4 is 15.2 Å². The van der Waals surface area contributed by atoms with E-state index >= 15 is 0 Å². The molecule has 3 N–H and O–H groups in total. The lowest BCUT2D eigenvalue weighted by Gasteiger charge is -2.30. The van der Waals surface area contributed by atoms with Crippen LogP contribution in [0.2, 0.25) is 0 Å². The molecule has 124 valence electrons. The van der Waals surface area contributed by atoms with Crippen LogP contribution in [-0.4, -0.2) is 17.5 Å². The van der Waals surface area contributed by atoms with Crippen molar-refractivity contribution in [2.24, 2.45) is 11.7 Å². The molecule has 0 amide bonds. The number of hydrogen-bond acceptors (Lipinski definition) is 4. The van der Waals surface area contributed by atoms with Gasteiger partial charge in [0.05, 0.1) is 12.1 Å². The molecular weight excluding hydrogens is 316 g/mol. The van der Waals surface area contributed by atoms with E-state index in [9.17, 15) is 13.9 Å². The highest BCUT2D eigenvalue weighted by Gasteiger charge is 2.45. The molecule has 0 bridgehead atoms. The molecule has 1 aliphatic carbocycles. The summed E-state index contributed by atoms with van der Waals surface area (Å²) in [6, 6.07) is 3.81. The van der Waals surface area contributed by atoms with Crippen LogP contribution in [0.25, 0.3) is 0 Å². The van der Waals surface area contributed by atoms with Gasteiger partial charge in [-0.1, -0.05) is 31.4 Å².